The molecule has 7 unspecified atom stereocenters. The number of hydrogen-bond acceptors (Lipinski definition) is 7. The van der Waals surface area contributed by atoms with Crippen molar-refractivity contribution in [2.45, 2.75) is 100 Å². The number of likely N-dealkylation sites (tertiary alicyclic amines) is 1. The molecule has 7 atom stereocenters. The van der Waals surface area contributed by atoms with E-state index in [2.05, 4.69) is 20.9 Å². The zero-order valence-electron chi connectivity index (χ0n) is 21.4. The number of nitrogens with zero attached hydrogens (tertiary/aromatic N) is 1. The number of nitrogens with one attached hydrogen (secondary N) is 3. The third kappa shape index (κ3) is 5.27. The lowest BCUT2D eigenvalue weighted by Crippen LogP contribution is -2.66. The van der Waals surface area contributed by atoms with Crippen LogP contribution in [0.2, 0.25) is 0 Å². The third-order valence-electron chi connectivity index (χ3n) is 10.3. The number of rotatable bonds is 6. The predicted molar refractivity (Wildman–Crippen MR) is 134 cm³/mol. The fourth-order valence-corrected chi connectivity index (χ4v) is 8.19. The van der Waals surface area contributed by atoms with Gasteiger partial charge in [-0.15, -0.1) is 0 Å². The van der Waals surface area contributed by atoms with Crippen molar-refractivity contribution in [1.82, 2.24) is 20.9 Å². The van der Waals surface area contributed by atoms with Gasteiger partial charge in [0, 0.05) is 45.4 Å². The minimum Gasteiger partial charge on any atom is -0.381 e. The summed E-state index contributed by atoms with van der Waals surface area (Å²) in [4.78, 5) is 16.3. The molecule has 6 fully saturated rings. The standard InChI is InChI=1S/C26H47FN6O2/c1-35-18-5-11-33(12-6-18)21-4-10-30-15-20(21)32-24(34)22(23(28)29)19-14-25-7-2-3-17(13-25)26(27,9-8-25)16-31-19/h17-23,30-31H,2-16,28-29H2,1H3,(H,32,34). The number of carbonyl (C=O) groups is 1. The average Bonchev–Trinajstić information content (AvgIpc) is 2.85. The molecule has 7 N–H and O–H groups in total. The summed E-state index contributed by atoms with van der Waals surface area (Å²) in [6.45, 7) is 3.97. The molecule has 4 heterocycles. The number of alkyl halides is 1. The number of amides is 1. The van der Waals surface area contributed by atoms with Gasteiger partial charge in [-0.1, -0.05) is 6.42 Å². The van der Waals surface area contributed by atoms with Gasteiger partial charge >= 0.3 is 0 Å². The van der Waals surface area contributed by atoms with Crippen LogP contribution in [0.1, 0.15) is 64.2 Å². The Bertz CT molecular complexity index is 749. The predicted octanol–water partition coefficient (Wildman–Crippen LogP) is 0.844. The molecule has 200 valence electrons. The summed E-state index contributed by atoms with van der Waals surface area (Å²) in [6, 6.07) is 0.101. The summed E-state index contributed by atoms with van der Waals surface area (Å²) >= 11 is 0. The first kappa shape index (κ1) is 25.8. The van der Waals surface area contributed by atoms with Crippen LogP contribution in [-0.4, -0.2) is 86.7 Å². The lowest BCUT2D eigenvalue weighted by molar-refractivity contribution is -0.131. The van der Waals surface area contributed by atoms with Crippen LogP contribution < -0.4 is 27.4 Å². The molecule has 9 heteroatoms. The smallest absolute Gasteiger partial charge is 0.227 e. The van der Waals surface area contributed by atoms with E-state index < -0.39 is 17.8 Å². The number of nitrogens with two attached hydrogens (primary N) is 2. The first-order chi connectivity index (χ1) is 16.8. The van der Waals surface area contributed by atoms with E-state index in [1.54, 1.807) is 7.11 Å². The molecule has 1 amide bonds. The lowest BCUT2D eigenvalue weighted by atomic mass is 9.54. The fourth-order valence-electron chi connectivity index (χ4n) is 8.19. The van der Waals surface area contributed by atoms with E-state index in [1.165, 1.54) is 0 Å². The summed E-state index contributed by atoms with van der Waals surface area (Å²) in [7, 11) is 1.79. The van der Waals surface area contributed by atoms with Gasteiger partial charge < -0.3 is 32.2 Å². The van der Waals surface area contributed by atoms with Crippen LogP contribution in [0.3, 0.4) is 0 Å². The van der Waals surface area contributed by atoms with Gasteiger partial charge in [-0.05, 0) is 75.7 Å². The summed E-state index contributed by atoms with van der Waals surface area (Å²) in [6.07, 6.45) is 9.15. The highest BCUT2D eigenvalue weighted by Crippen LogP contribution is 2.57. The minimum atomic E-state index is -1.17. The second-order valence-corrected chi connectivity index (χ2v) is 12.3. The number of hydrogen-bond donors (Lipinski definition) is 5. The SMILES string of the molecule is COC1CCN(C2CCNCC2NC(=O)C(C(N)N)C2CC34CCCC(C3)C(F)(CC4)CN2)CC1. The van der Waals surface area contributed by atoms with Crippen molar-refractivity contribution in [2.24, 2.45) is 28.7 Å². The van der Waals surface area contributed by atoms with Crippen molar-refractivity contribution in [2.75, 3.05) is 39.8 Å². The van der Waals surface area contributed by atoms with Gasteiger partial charge in [-0.2, -0.15) is 0 Å². The Morgan fingerprint density at radius 3 is 2.69 bits per heavy atom. The molecule has 0 aromatic carbocycles. The molecule has 3 bridgehead atoms. The second-order valence-electron chi connectivity index (χ2n) is 12.3. The molecule has 2 aliphatic carbocycles. The second kappa shape index (κ2) is 10.5. The number of methoxy groups -OCH3 is 1. The molecule has 6 rings (SSSR count). The average molecular weight is 495 g/mol. The summed E-state index contributed by atoms with van der Waals surface area (Å²) in [5.41, 5.74) is 11.5. The Morgan fingerprint density at radius 2 is 1.94 bits per heavy atom. The van der Waals surface area contributed by atoms with Gasteiger partial charge in [0.1, 0.15) is 5.67 Å². The quantitative estimate of drug-likeness (QED) is 0.348. The molecule has 4 aliphatic heterocycles. The van der Waals surface area contributed by atoms with E-state index in [0.29, 0.717) is 25.1 Å². The van der Waals surface area contributed by atoms with Gasteiger partial charge in [0.25, 0.3) is 0 Å². The van der Waals surface area contributed by atoms with Crippen LogP contribution in [0, 0.1) is 17.3 Å². The van der Waals surface area contributed by atoms with Crippen LogP contribution in [0.15, 0.2) is 0 Å². The highest BCUT2D eigenvalue weighted by Gasteiger charge is 2.55. The highest BCUT2D eigenvalue weighted by molar-refractivity contribution is 5.80. The van der Waals surface area contributed by atoms with Crippen molar-refractivity contribution >= 4 is 5.91 Å². The molecule has 0 radical (unpaired) electrons. The van der Waals surface area contributed by atoms with E-state index in [1.807, 2.05) is 0 Å². The molecule has 1 spiro atoms. The van der Waals surface area contributed by atoms with Crippen molar-refractivity contribution in [3.05, 3.63) is 0 Å². The zero-order valence-corrected chi connectivity index (χ0v) is 21.4. The topological polar surface area (TPSA) is 118 Å². The molecule has 6 aliphatic rings. The number of ether oxygens (including phenoxy) is 1. The van der Waals surface area contributed by atoms with Crippen LogP contribution in [0.5, 0.6) is 0 Å². The first-order valence-corrected chi connectivity index (χ1v) is 14.0. The van der Waals surface area contributed by atoms with E-state index in [9.17, 15) is 4.79 Å². The first-order valence-electron chi connectivity index (χ1n) is 14.0. The molecule has 4 saturated heterocycles. The van der Waals surface area contributed by atoms with Crippen molar-refractivity contribution in [3.63, 3.8) is 0 Å². The number of halogens is 1. The van der Waals surface area contributed by atoms with Crippen LogP contribution >= 0.6 is 0 Å². The Labute approximate surface area is 209 Å². The molecule has 2 saturated carbocycles. The summed E-state index contributed by atoms with van der Waals surface area (Å²) < 4.78 is 21.5. The summed E-state index contributed by atoms with van der Waals surface area (Å²) in [5.74, 6) is -0.515. The van der Waals surface area contributed by atoms with Gasteiger partial charge in [-0.3, -0.25) is 9.69 Å². The van der Waals surface area contributed by atoms with Gasteiger partial charge in [-0.25, -0.2) is 4.39 Å². The molecule has 35 heavy (non-hydrogen) atoms. The third-order valence-corrected chi connectivity index (χ3v) is 10.3. The number of fused-ring (bicyclic) bond motifs is 4. The highest BCUT2D eigenvalue weighted by atomic mass is 19.1. The maximum Gasteiger partial charge on any atom is 0.227 e. The van der Waals surface area contributed by atoms with Gasteiger partial charge in [0.05, 0.1) is 24.2 Å². The monoisotopic (exact) mass is 494 g/mol. The number of piperidine rings is 2. The Hall–Kier alpha value is -0.840. The van der Waals surface area contributed by atoms with Gasteiger partial charge in [0.2, 0.25) is 5.91 Å². The molecular weight excluding hydrogens is 447 g/mol. The normalized spacial score (nSPS) is 41.9. The van der Waals surface area contributed by atoms with Crippen LogP contribution in [0.25, 0.3) is 0 Å². The lowest BCUT2D eigenvalue weighted by Gasteiger charge is -2.56. The van der Waals surface area contributed by atoms with Gasteiger partial charge in [0.15, 0.2) is 0 Å². The minimum absolute atomic E-state index is 0.00587. The molecular formula is C26H47FN6O2. The molecule has 8 nitrogen and oxygen atoms in total. The van der Waals surface area contributed by atoms with Crippen LogP contribution in [0.4, 0.5) is 4.39 Å². The Kier molecular flexibility index (Phi) is 7.74. The largest absolute Gasteiger partial charge is 0.381 e. The van der Waals surface area contributed by atoms with Crippen LogP contribution in [-0.2, 0) is 9.53 Å². The zero-order chi connectivity index (χ0) is 24.6. The van der Waals surface area contributed by atoms with Crippen molar-refractivity contribution < 1.29 is 13.9 Å². The molecule has 0 aromatic rings. The van der Waals surface area contributed by atoms with E-state index in [4.69, 9.17) is 16.2 Å². The van der Waals surface area contributed by atoms with Crippen molar-refractivity contribution in [3.8, 4) is 0 Å². The van der Waals surface area contributed by atoms with Crippen molar-refractivity contribution in [1.29, 1.82) is 0 Å². The Balaban J connectivity index is 1.28. The number of carbonyl (C=O) groups excluding carboxylic acids is 1. The van der Waals surface area contributed by atoms with E-state index >= 15 is 4.39 Å². The molecule has 0 aromatic heterocycles. The maximum atomic E-state index is 15.9. The fraction of sp³-hybridized carbons (Fsp3) is 0.962. The maximum absolute atomic E-state index is 15.9. The summed E-state index contributed by atoms with van der Waals surface area (Å²) in [5, 5.41) is 10.3. The van der Waals surface area contributed by atoms with E-state index in [0.717, 1.165) is 84.0 Å². The Morgan fingerprint density at radius 1 is 1.14 bits per heavy atom. The van der Waals surface area contributed by atoms with E-state index in [-0.39, 0.29) is 29.3 Å².